The Hall–Kier alpha value is -1.49. The van der Waals surface area contributed by atoms with Crippen LogP contribution in [0, 0.1) is 0 Å². The Morgan fingerprint density at radius 2 is 1.96 bits per heavy atom. The van der Waals surface area contributed by atoms with Crippen LogP contribution >= 0.6 is 15.9 Å². The molecule has 1 fully saturated rings. The zero-order chi connectivity index (χ0) is 19.3. The molecule has 0 bridgehead atoms. The number of amides is 1. The average molecular weight is 449 g/mol. The van der Waals surface area contributed by atoms with Crippen LogP contribution in [0.1, 0.15) is 24.2 Å². The lowest BCUT2D eigenvalue weighted by Crippen LogP contribution is -2.40. The van der Waals surface area contributed by atoms with Gasteiger partial charge in [-0.15, -0.1) is 0 Å². The topological polar surface area (TPSA) is 102 Å². The van der Waals surface area contributed by atoms with Crippen LogP contribution in [0.25, 0.3) is 0 Å². The van der Waals surface area contributed by atoms with Crippen molar-refractivity contribution in [1.29, 1.82) is 0 Å². The van der Waals surface area contributed by atoms with Gasteiger partial charge in [0.05, 0.1) is 23.7 Å². The van der Waals surface area contributed by atoms with Gasteiger partial charge in [0.1, 0.15) is 0 Å². The third-order valence-electron chi connectivity index (χ3n) is 3.54. The maximum absolute atomic E-state index is 12.8. The summed E-state index contributed by atoms with van der Waals surface area (Å²) in [5, 5.41) is 2.60. The van der Waals surface area contributed by atoms with E-state index in [0.717, 1.165) is 0 Å². The Morgan fingerprint density at radius 3 is 2.58 bits per heavy atom. The highest BCUT2D eigenvalue weighted by molar-refractivity contribution is 9.10. The van der Waals surface area contributed by atoms with Crippen LogP contribution in [0.2, 0.25) is 0 Å². The van der Waals surface area contributed by atoms with Crippen LogP contribution in [-0.4, -0.2) is 63.6 Å². The smallest absolute Gasteiger partial charge is 0.338 e. The number of morpholine rings is 1. The highest BCUT2D eigenvalue weighted by Gasteiger charge is 2.29. The van der Waals surface area contributed by atoms with Gasteiger partial charge in [0.25, 0.3) is 5.91 Å². The number of sulfonamides is 1. The minimum Gasteiger partial charge on any atom is -0.452 e. The van der Waals surface area contributed by atoms with Crippen LogP contribution in [0.4, 0.5) is 0 Å². The Kier molecular flexibility index (Phi) is 7.16. The van der Waals surface area contributed by atoms with Gasteiger partial charge in [-0.1, -0.05) is 0 Å². The maximum Gasteiger partial charge on any atom is 0.338 e. The molecule has 1 amide bonds. The molecule has 26 heavy (non-hydrogen) atoms. The zero-order valence-corrected chi connectivity index (χ0v) is 16.9. The van der Waals surface area contributed by atoms with Gasteiger partial charge in [0.15, 0.2) is 6.61 Å². The summed E-state index contributed by atoms with van der Waals surface area (Å²) < 4.78 is 37.4. The summed E-state index contributed by atoms with van der Waals surface area (Å²) in [4.78, 5) is 23.7. The summed E-state index contributed by atoms with van der Waals surface area (Å²) in [5.41, 5.74) is 0.0531. The van der Waals surface area contributed by atoms with Gasteiger partial charge in [-0.05, 0) is 48.0 Å². The molecule has 1 aromatic rings. The van der Waals surface area contributed by atoms with E-state index in [1.54, 1.807) is 13.8 Å². The van der Waals surface area contributed by atoms with Crippen LogP contribution in [0.5, 0.6) is 0 Å². The maximum atomic E-state index is 12.8. The summed E-state index contributed by atoms with van der Waals surface area (Å²) in [5.74, 6) is -1.19. The lowest BCUT2D eigenvalue weighted by molar-refractivity contribution is -0.124. The predicted octanol–water partition coefficient (Wildman–Crippen LogP) is 1.15. The third kappa shape index (κ3) is 5.26. The van der Waals surface area contributed by atoms with Crippen LogP contribution < -0.4 is 5.32 Å². The SMILES string of the molecule is CC(C)NC(=O)COC(=O)c1ccc(Br)c(S(=O)(=O)N2CCOCC2)c1. The lowest BCUT2D eigenvalue weighted by atomic mass is 10.2. The number of halogens is 1. The summed E-state index contributed by atoms with van der Waals surface area (Å²) in [7, 11) is -3.78. The molecule has 0 saturated carbocycles. The second kappa shape index (κ2) is 8.94. The molecule has 0 spiro atoms. The minimum atomic E-state index is -3.78. The number of nitrogens with zero attached hydrogens (tertiary/aromatic N) is 1. The number of carbonyl (C=O) groups excluding carboxylic acids is 2. The number of esters is 1. The molecule has 0 unspecified atom stereocenters. The fourth-order valence-corrected chi connectivity index (χ4v) is 4.69. The van der Waals surface area contributed by atoms with Gasteiger partial charge in [0.2, 0.25) is 10.0 Å². The third-order valence-corrected chi connectivity index (χ3v) is 6.43. The molecular weight excluding hydrogens is 428 g/mol. The minimum absolute atomic E-state index is 0.0273. The van der Waals surface area contributed by atoms with Crippen molar-refractivity contribution >= 4 is 37.8 Å². The summed E-state index contributed by atoms with van der Waals surface area (Å²) in [6, 6.07) is 4.08. The molecule has 144 valence electrons. The first-order valence-corrected chi connectivity index (χ1v) is 10.3. The van der Waals surface area contributed by atoms with Crippen LogP contribution in [0.15, 0.2) is 27.6 Å². The summed E-state index contributed by atoms with van der Waals surface area (Å²) in [6.07, 6.45) is 0. The normalized spacial score (nSPS) is 15.7. The number of nitrogens with one attached hydrogen (secondary N) is 1. The fourth-order valence-electron chi connectivity index (χ4n) is 2.33. The van der Waals surface area contributed by atoms with Gasteiger partial charge in [-0.3, -0.25) is 4.79 Å². The zero-order valence-electron chi connectivity index (χ0n) is 14.5. The molecule has 10 heteroatoms. The van der Waals surface area contributed by atoms with Gasteiger partial charge in [-0.2, -0.15) is 4.31 Å². The fraction of sp³-hybridized carbons (Fsp3) is 0.500. The first kappa shape index (κ1) is 20.8. The van der Waals surface area contributed by atoms with Crippen molar-refractivity contribution in [3.05, 3.63) is 28.2 Å². The highest BCUT2D eigenvalue weighted by atomic mass is 79.9. The van der Waals surface area contributed by atoms with E-state index in [4.69, 9.17) is 9.47 Å². The van der Waals surface area contributed by atoms with E-state index in [-0.39, 0.29) is 29.6 Å². The van der Waals surface area contributed by atoms with E-state index in [9.17, 15) is 18.0 Å². The Bertz CT molecular complexity index is 775. The van der Waals surface area contributed by atoms with E-state index in [1.807, 2.05) is 0 Å². The molecular formula is C16H21BrN2O6S. The number of carbonyl (C=O) groups is 2. The van der Waals surface area contributed by atoms with E-state index in [2.05, 4.69) is 21.2 Å². The Labute approximate surface area is 161 Å². The second-order valence-corrected chi connectivity index (χ2v) is 8.72. The molecule has 1 saturated heterocycles. The molecule has 1 aliphatic rings. The lowest BCUT2D eigenvalue weighted by Gasteiger charge is -2.26. The number of rotatable bonds is 6. The van der Waals surface area contributed by atoms with Gasteiger partial charge < -0.3 is 14.8 Å². The quantitative estimate of drug-likeness (QED) is 0.654. The monoisotopic (exact) mass is 448 g/mol. The summed E-state index contributed by atoms with van der Waals surface area (Å²) >= 11 is 3.22. The van der Waals surface area contributed by atoms with E-state index in [0.29, 0.717) is 17.7 Å². The van der Waals surface area contributed by atoms with E-state index in [1.165, 1.54) is 22.5 Å². The van der Waals surface area contributed by atoms with Crippen molar-refractivity contribution in [2.75, 3.05) is 32.9 Å². The van der Waals surface area contributed by atoms with Crippen molar-refractivity contribution < 1.29 is 27.5 Å². The largest absolute Gasteiger partial charge is 0.452 e. The molecule has 0 aliphatic carbocycles. The molecule has 0 aromatic heterocycles. The molecule has 0 radical (unpaired) electrons. The van der Waals surface area contributed by atoms with Crippen molar-refractivity contribution in [3.8, 4) is 0 Å². The van der Waals surface area contributed by atoms with E-state index >= 15 is 0 Å². The summed E-state index contributed by atoms with van der Waals surface area (Å²) in [6.45, 7) is 4.29. The van der Waals surface area contributed by atoms with Gasteiger partial charge >= 0.3 is 5.97 Å². The average Bonchev–Trinajstić information content (AvgIpc) is 2.60. The Balaban J connectivity index is 2.16. The second-order valence-electron chi connectivity index (χ2n) is 5.96. The standard InChI is InChI=1S/C16H21BrN2O6S/c1-11(2)18-15(20)10-25-16(21)12-3-4-13(17)14(9-12)26(22,23)19-5-7-24-8-6-19/h3-4,9,11H,5-8,10H2,1-2H3,(H,18,20). The van der Waals surface area contributed by atoms with E-state index < -0.39 is 28.5 Å². The van der Waals surface area contributed by atoms with Gasteiger partial charge in [0, 0.05) is 23.6 Å². The number of ether oxygens (including phenoxy) is 2. The molecule has 1 aliphatic heterocycles. The van der Waals surface area contributed by atoms with Crippen LogP contribution in [0.3, 0.4) is 0 Å². The van der Waals surface area contributed by atoms with Crippen molar-refractivity contribution in [2.24, 2.45) is 0 Å². The Morgan fingerprint density at radius 1 is 1.31 bits per heavy atom. The molecule has 1 N–H and O–H groups in total. The van der Waals surface area contributed by atoms with Crippen molar-refractivity contribution in [3.63, 3.8) is 0 Å². The van der Waals surface area contributed by atoms with Gasteiger partial charge in [-0.25, -0.2) is 13.2 Å². The molecule has 1 aromatic carbocycles. The predicted molar refractivity (Wildman–Crippen MR) is 97.3 cm³/mol. The van der Waals surface area contributed by atoms with Crippen LogP contribution in [-0.2, 0) is 24.3 Å². The highest BCUT2D eigenvalue weighted by Crippen LogP contribution is 2.27. The molecule has 0 atom stereocenters. The molecule has 8 nitrogen and oxygen atoms in total. The first-order valence-electron chi connectivity index (χ1n) is 8.05. The molecule has 1 heterocycles. The number of hydrogen-bond donors (Lipinski definition) is 1. The first-order chi connectivity index (χ1) is 12.2. The van der Waals surface area contributed by atoms with Crippen molar-refractivity contribution in [2.45, 2.75) is 24.8 Å². The number of hydrogen-bond acceptors (Lipinski definition) is 6. The number of benzene rings is 1. The van der Waals surface area contributed by atoms with Crippen molar-refractivity contribution in [1.82, 2.24) is 9.62 Å². The molecule has 2 rings (SSSR count).